The third kappa shape index (κ3) is 3.12. The van der Waals surface area contributed by atoms with E-state index in [1.807, 2.05) is 25.3 Å². The van der Waals surface area contributed by atoms with Crippen LogP contribution in [0.5, 0.6) is 0 Å². The molecule has 2 aromatic carbocycles. The summed E-state index contributed by atoms with van der Waals surface area (Å²) in [6, 6.07) is 12.1. The Bertz CT molecular complexity index is 915. The van der Waals surface area contributed by atoms with Crippen LogP contribution in [0.3, 0.4) is 0 Å². The zero-order valence-corrected chi connectivity index (χ0v) is 13.2. The van der Waals surface area contributed by atoms with Crippen LogP contribution in [0.1, 0.15) is 21.5 Å². The van der Waals surface area contributed by atoms with Gasteiger partial charge in [-0.1, -0.05) is 23.8 Å². The molecule has 1 amide bonds. The number of nitro benzene ring substituents is 1. The van der Waals surface area contributed by atoms with Crippen LogP contribution >= 0.6 is 0 Å². The number of fused-ring (bicyclic) bond motifs is 1. The number of hydrogen-bond acceptors (Lipinski definition) is 3. The minimum atomic E-state index is -0.544. The predicted octanol–water partition coefficient (Wildman–Crippen LogP) is 3.36. The molecule has 0 atom stereocenters. The highest BCUT2D eigenvalue weighted by molar-refractivity contribution is 5.98. The van der Waals surface area contributed by atoms with Gasteiger partial charge in [0.1, 0.15) is 5.56 Å². The zero-order valence-electron chi connectivity index (χ0n) is 13.2. The smallest absolute Gasteiger partial charge is 0.282 e. The molecule has 0 aliphatic heterocycles. The number of rotatable bonds is 5. The fraction of sp³-hybridized carbons (Fsp3) is 0.167. The number of aromatic amines is 1. The molecule has 6 nitrogen and oxygen atoms in total. The average molecular weight is 323 g/mol. The van der Waals surface area contributed by atoms with Crippen LogP contribution in [0, 0.1) is 17.0 Å². The monoisotopic (exact) mass is 323 g/mol. The highest BCUT2D eigenvalue weighted by Crippen LogP contribution is 2.20. The van der Waals surface area contributed by atoms with Gasteiger partial charge in [0.05, 0.1) is 4.92 Å². The molecule has 0 bridgehead atoms. The average Bonchev–Trinajstić information content (AvgIpc) is 2.97. The molecule has 1 heterocycles. The Balaban J connectivity index is 1.69. The summed E-state index contributed by atoms with van der Waals surface area (Å²) in [5.41, 5.74) is 3.24. The number of nitrogens with one attached hydrogen (secondary N) is 2. The Kier molecular flexibility index (Phi) is 4.29. The fourth-order valence-corrected chi connectivity index (χ4v) is 2.73. The minimum Gasteiger partial charge on any atom is -0.361 e. The van der Waals surface area contributed by atoms with E-state index >= 15 is 0 Å². The van der Waals surface area contributed by atoms with Crippen molar-refractivity contribution in [2.75, 3.05) is 6.54 Å². The number of nitrogens with zero attached hydrogens (tertiary/aromatic N) is 1. The largest absolute Gasteiger partial charge is 0.361 e. The first kappa shape index (κ1) is 15.7. The van der Waals surface area contributed by atoms with E-state index in [1.165, 1.54) is 17.7 Å². The van der Waals surface area contributed by atoms with Crippen LogP contribution in [0.2, 0.25) is 0 Å². The SMILES string of the molecule is Cc1ccc2[nH]cc(CCNC(=O)c3ccccc3[N+](=O)[O-])c2c1. The second-order valence-electron chi connectivity index (χ2n) is 5.64. The number of aromatic nitrogens is 1. The van der Waals surface area contributed by atoms with Gasteiger partial charge in [0, 0.05) is 29.7 Å². The number of para-hydroxylation sites is 1. The van der Waals surface area contributed by atoms with Gasteiger partial charge in [0.15, 0.2) is 0 Å². The summed E-state index contributed by atoms with van der Waals surface area (Å²) in [5.74, 6) is -0.432. The van der Waals surface area contributed by atoms with Crippen molar-refractivity contribution >= 4 is 22.5 Å². The van der Waals surface area contributed by atoms with Gasteiger partial charge in [0.25, 0.3) is 11.6 Å². The van der Waals surface area contributed by atoms with Crippen LogP contribution in [-0.4, -0.2) is 22.4 Å². The molecule has 0 fully saturated rings. The van der Waals surface area contributed by atoms with Crippen LogP contribution in [0.15, 0.2) is 48.7 Å². The normalized spacial score (nSPS) is 10.7. The predicted molar refractivity (Wildman–Crippen MR) is 92.2 cm³/mol. The number of carbonyl (C=O) groups is 1. The summed E-state index contributed by atoms with van der Waals surface area (Å²) in [4.78, 5) is 25.8. The van der Waals surface area contributed by atoms with Crippen molar-refractivity contribution in [3.8, 4) is 0 Å². The lowest BCUT2D eigenvalue weighted by molar-refractivity contribution is -0.385. The number of H-pyrrole nitrogens is 1. The summed E-state index contributed by atoms with van der Waals surface area (Å²) in [6.07, 6.45) is 2.58. The lowest BCUT2D eigenvalue weighted by Crippen LogP contribution is -2.26. The maximum absolute atomic E-state index is 12.2. The van der Waals surface area contributed by atoms with Gasteiger partial charge in [-0.05, 0) is 37.1 Å². The van der Waals surface area contributed by atoms with Gasteiger partial charge in [0.2, 0.25) is 0 Å². The Morgan fingerprint density at radius 1 is 1.25 bits per heavy atom. The van der Waals surface area contributed by atoms with Crippen LogP contribution < -0.4 is 5.32 Å². The van der Waals surface area contributed by atoms with Crippen molar-refractivity contribution in [2.24, 2.45) is 0 Å². The molecule has 0 saturated heterocycles. The van der Waals surface area contributed by atoms with Crippen LogP contribution in [-0.2, 0) is 6.42 Å². The Morgan fingerprint density at radius 3 is 2.83 bits per heavy atom. The molecule has 0 saturated carbocycles. The maximum Gasteiger partial charge on any atom is 0.282 e. The van der Waals surface area contributed by atoms with Crippen molar-refractivity contribution in [3.05, 3.63) is 75.5 Å². The molecular weight excluding hydrogens is 306 g/mol. The fourth-order valence-electron chi connectivity index (χ4n) is 2.73. The summed E-state index contributed by atoms with van der Waals surface area (Å²) in [5, 5.41) is 14.9. The summed E-state index contributed by atoms with van der Waals surface area (Å²) in [7, 11) is 0. The molecule has 0 aliphatic carbocycles. The highest BCUT2D eigenvalue weighted by Gasteiger charge is 2.18. The van der Waals surface area contributed by atoms with Crippen LogP contribution in [0.25, 0.3) is 10.9 Å². The van der Waals surface area contributed by atoms with E-state index in [2.05, 4.69) is 16.4 Å². The molecule has 3 aromatic rings. The first-order valence-electron chi connectivity index (χ1n) is 7.64. The quantitative estimate of drug-likeness (QED) is 0.557. The standard InChI is InChI=1S/C18H17N3O3/c1-12-6-7-16-15(10-12)13(11-20-16)8-9-19-18(22)14-4-2-3-5-17(14)21(23)24/h2-7,10-11,20H,8-9H2,1H3,(H,19,22). The molecule has 24 heavy (non-hydrogen) atoms. The molecule has 122 valence electrons. The van der Waals surface area contributed by atoms with E-state index in [4.69, 9.17) is 0 Å². The summed E-state index contributed by atoms with van der Waals surface area (Å²) >= 11 is 0. The lowest BCUT2D eigenvalue weighted by Gasteiger charge is -2.05. The molecule has 0 aliphatic rings. The van der Waals surface area contributed by atoms with Gasteiger partial charge in [-0.3, -0.25) is 14.9 Å². The van der Waals surface area contributed by atoms with Crippen molar-refractivity contribution < 1.29 is 9.72 Å². The van der Waals surface area contributed by atoms with Gasteiger partial charge in [-0.15, -0.1) is 0 Å². The topological polar surface area (TPSA) is 88.0 Å². The molecule has 3 rings (SSSR count). The number of carbonyl (C=O) groups excluding carboxylic acids is 1. The molecule has 0 radical (unpaired) electrons. The van der Waals surface area contributed by atoms with E-state index in [9.17, 15) is 14.9 Å². The van der Waals surface area contributed by atoms with E-state index in [-0.39, 0.29) is 11.3 Å². The van der Waals surface area contributed by atoms with Gasteiger partial charge in [-0.2, -0.15) is 0 Å². The third-order valence-corrected chi connectivity index (χ3v) is 3.95. The van der Waals surface area contributed by atoms with E-state index in [1.54, 1.807) is 12.1 Å². The Labute approximate surface area is 138 Å². The molecule has 0 spiro atoms. The van der Waals surface area contributed by atoms with Crippen molar-refractivity contribution in [3.63, 3.8) is 0 Å². The van der Waals surface area contributed by atoms with E-state index in [0.717, 1.165) is 16.5 Å². The Hall–Kier alpha value is -3.15. The number of benzene rings is 2. The second kappa shape index (κ2) is 6.54. The summed E-state index contributed by atoms with van der Waals surface area (Å²) < 4.78 is 0. The second-order valence-corrected chi connectivity index (χ2v) is 5.64. The molecule has 0 unspecified atom stereocenters. The van der Waals surface area contributed by atoms with Gasteiger partial charge < -0.3 is 10.3 Å². The Morgan fingerprint density at radius 2 is 2.04 bits per heavy atom. The number of aryl methyl sites for hydroxylation is 1. The van der Waals surface area contributed by atoms with Crippen molar-refractivity contribution in [1.29, 1.82) is 0 Å². The van der Waals surface area contributed by atoms with E-state index < -0.39 is 10.8 Å². The molecule has 6 heteroatoms. The number of hydrogen-bond donors (Lipinski definition) is 2. The first-order chi connectivity index (χ1) is 11.6. The molecular formula is C18H17N3O3. The van der Waals surface area contributed by atoms with Crippen molar-refractivity contribution in [2.45, 2.75) is 13.3 Å². The third-order valence-electron chi connectivity index (χ3n) is 3.95. The summed E-state index contributed by atoms with van der Waals surface area (Å²) in [6.45, 7) is 2.44. The zero-order chi connectivity index (χ0) is 17.1. The lowest BCUT2D eigenvalue weighted by atomic mass is 10.1. The van der Waals surface area contributed by atoms with Crippen LogP contribution in [0.4, 0.5) is 5.69 Å². The number of amides is 1. The molecule has 2 N–H and O–H groups in total. The first-order valence-corrected chi connectivity index (χ1v) is 7.64. The van der Waals surface area contributed by atoms with E-state index in [0.29, 0.717) is 13.0 Å². The molecule has 1 aromatic heterocycles. The van der Waals surface area contributed by atoms with Gasteiger partial charge >= 0.3 is 0 Å². The van der Waals surface area contributed by atoms with Crippen molar-refractivity contribution in [1.82, 2.24) is 10.3 Å². The maximum atomic E-state index is 12.2. The van der Waals surface area contributed by atoms with Gasteiger partial charge in [-0.25, -0.2) is 0 Å². The highest BCUT2D eigenvalue weighted by atomic mass is 16.6. The minimum absolute atomic E-state index is 0.0808. The number of nitro groups is 1.